The van der Waals surface area contributed by atoms with Gasteiger partial charge in [0.15, 0.2) is 0 Å². The molecule has 0 spiro atoms. The molecule has 1 unspecified atom stereocenters. The van der Waals surface area contributed by atoms with Crippen LogP contribution in [0.1, 0.15) is 31.2 Å². The highest BCUT2D eigenvalue weighted by atomic mass is 35.5. The number of hydrogen-bond acceptors (Lipinski definition) is 4. The van der Waals surface area contributed by atoms with Crippen molar-refractivity contribution in [2.24, 2.45) is 0 Å². The zero-order valence-electron chi connectivity index (χ0n) is 14.3. The summed E-state index contributed by atoms with van der Waals surface area (Å²) in [5.41, 5.74) is 0.237. The highest BCUT2D eigenvalue weighted by Gasteiger charge is 2.22. The number of halogens is 2. The average Bonchev–Trinajstić information content (AvgIpc) is 3.04. The summed E-state index contributed by atoms with van der Waals surface area (Å²) in [5.74, 6) is -0.328. The maximum Gasteiger partial charge on any atom is 0.262 e. The Labute approximate surface area is 164 Å². The summed E-state index contributed by atoms with van der Waals surface area (Å²) < 4.78 is 1.38. The second-order valence-electron chi connectivity index (χ2n) is 5.78. The zero-order chi connectivity index (χ0) is 18.8. The van der Waals surface area contributed by atoms with E-state index in [2.05, 4.69) is 10.3 Å². The maximum atomic E-state index is 12.8. The Bertz CT molecular complexity index is 1030. The number of rotatable bonds is 5. The van der Waals surface area contributed by atoms with Crippen molar-refractivity contribution < 1.29 is 4.79 Å². The first-order valence-electron chi connectivity index (χ1n) is 8.20. The fourth-order valence-corrected chi connectivity index (χ4v) is 4.08. The quantitative estimate of drug-likeness (QED) is 0.650. The molecule has 1 N–H and O–H groups in total. The largest absolute Gasteiger partial charge is 0.323 e. The average molecular weight is 410 g/mol. The third-order valence-electron chi connectivity index (χ3n) is 4.09. The lowest BCUT2D eigenvalue weighted by Gasteiger charge is -2.18. The Hall–Kier alpha value is -1.89. The van der Waals surface area contributed by atoms with Crippen molar-refractivity contribution in [1.29, 1.82) is 0 Å². The molecule has 5 nitrogen and oxygen atoms in total. The molecule has 3 rings (SSSR count). The molecule has 26 heavy (non-hydrogen) atoms. The van der Waals surface area contributed by atoms with E-state index in [-0.39, 0.29) is 11.5 Å². The van der Waals surface area contributed by atoms with E-state index in [1.165, 1.54) is 22.2 Å². The molecule has 0 saturated carbocycles. The van der Waals surface area contributed by atoms with Crippen molar-refractivity contribution in [2.75, 3.05) is 5.32 Å². The summed E-state index contributed by atoms with van der Waals surface area (Å²) in [5, 5.41) is 4.13. The monoisotopic (exact) mass is 409 g/mol. The van der Waals surface area contributed by atoms with Gasteiger partial charge in [-0.3, -0.25) is 14.2 Å². The molecule has 0 radical (unpaired) electrons. The van der Waals surface area contributed by atoms with Gasteiger partial charge < -0.3 is 5.32 Å². The van der Waals surface area contributed by atoms with Crippen LogP contribution in [0.15, 0.2) is 35.4 Å². The van der Waals surface area contributed by atoms with Crippen LogP contribution in [-0.2, 0) is 11.2 Å². The van der Waals surface area contributed by atoms with Gasteiger partial charge in [0.1, 0.15) is 10.9 Å². The lowest BCUT2D eigenvalue weighted by atomic mass is 10.2. The molecule has 0 aliphatic heterocycles. The number of aryl methyl sites for hydroxylation is 1. The molecule has 0 fully saturated rings. The van der Waals surface area contributed by atoms with E-state index < -0.39 is 6.04 Å². The van der Waals surface area contributed by atoms with E-state index in [1.54, 1.807) is 18.2 Å². The number of nitrogens with one attached hydrogen (secondary N) is 1. The number of benzene rings is 1. The Morgan fingerprint density at radius 1 is 1.31 bits per heavy atom. The van der Waals surface area contributed by atoms with Crippen molar-refractivity contribution in [3.05, 3.63) is 55.9 Å². The van der Waals surface area contributed by atoms with Crippen LogP contribution in [0.25, 0.3) is 10.2 Å². The van der Waals surface area contributed by atoms with Gasteiger partial charge in [-0.25, -0.2) is 4.98 Å². The molecule has 1 atom stereocenters. The topological polar surface area (TPSA) is 64.0 Å². The Morgan fingerprint density at radius 3 is 2.73 bits per heavy atom. The van der Waals surface area contributed by atoms with Gasteiger partial charge in [0.25, 0.3) is 5.56 Å². The second-order valence-corrected chi connectivity index (χ2v) is 7.74. The van der Waals surface area contributed by atoms with Gasteiger partial charge in [0, 0.05) is 9.90 Å². The standard InChI is InChI=1S/C18H17Cl2N3O2S/c1-3-11-8-12-17(26-11)21-9-23(18(12)25)15(4-2)16(24)22-14-6-5-10(19)7-13(14)20/h5-9,15H,3-4H2,1-2H3,(H,22,24). The first kappa shape index (κ1) is 18.9. The molecular weight excluding hydrogens is 393 g/mol. The Kier molecular flexibility index (Phi) is 5.65. The molecule has 0 bridgehead atoms. The number of carbonyl (C=O) groups excluding carboxylic acids is 1. The van der Waals surface area contributed by atoms with Gasteiger partial charge in [-0.2, -0.15) is 0 Å². The molecule has 2 aromatic heterocycles. The number of hydrogen-bond donors (Lipinski definition) is 1. The summed E-state index contributed by atoms with van der Waals surface area (Å²) in [6.45, 7) is 3.87. The number of thiophene rings is 1. The fourth-order valence-electron chi connectivity index (χ4n) is 2.70. The molecule has 136 valence electrons. The smallest absolute Gasteiger partial charge is 0.262 e. The number of carbonyl (C=O) groups is 1. The Balaban J connectivity index is 1.95. The molecular formula is C18H17Cl2N3O2S. The molecule has 3 aromatic rings. The van der Waals surface area contributed by atoms with Gasteiger partial charge in [0.05, 0.1) is 22.4 Å². The third-order valence-corrected chi connectivity index (χ3v) is 5.83. The lowest BCUT2D eigenvalue weighted by Crippen LogP contribution is -2.33. The van der Waals surface area contributed by atoms with E-state index in [9.17, 15) is 9.59 Å². The minimum atomic E-state index is -0.684. The molecule has 0 aliphatic rings. The lowest BCUT2D eigenvalue weighted by molar-refractivity contribution is -0.119. The van der Waals surface area contributed by atoms with Crippen molar-refractivity contribution in [3.63, 3.8) is 0 Å². The zero-order valence-corrected chi connectivity index (χ0v) is 16.6. The highest BCUT2D eigenvalue weighted by Crippen LogP contribution is 2.27. The van der Waals surface area contributed by atoms with Gasteiger partial charge in [-0.15, -0.1) is 11.3 Å². The molecule has 2 heterocycles. The third kappa shape index (κ3) is 3.63. The predicted octanol–water partition coefficient (Wildman–Crippen LogP) is 4.92. The number of anilines is 1. The Morgan fingerprint density at radius 2 is 2.08 bits per heavy atom. The van der Waals surface area contributed by atoms with E-state index in [1.807, 2.05) is 19.9 Å². The van der Waals surface area contributed by atoms with E-state index in [0.717, 1.165) is 11.3 Å². The van der Waals surface area contributed by atoms with Gasteiger partial charge >= 0.3 is 0 Å². The molecule has 0 aliphatic carbocycles. The van der Waals surface area contributed by atoms with Crippen LogP contribution in [0.4, 0.5) is 5.69 Å². The minimum absolute atomic E-state index is 0.213. The summed E-state index contributed by atoms with van der Waals surface area (Å²) >= 11 is 13.5. The number of aromatic nitrogens is 2. The summed E-state index contributed by atoms with van der Waals surface area (Å²) in [4.78, 5) is 31.7. The summed E-state index contributed by atoms with van der Waals surface area (Å²) in [7, 11) is 0. The second kappa shape index (κ2) is 7.78. The van der Waals surface area contributed by atoms with E-state index in [0.29, 0.717) is 32.4 Å². The van der Waals surface area contributed by atoms with Crippen molar-refractivity contribution >= 4 is 56.3 Å². The predicted molar refractivity (Wildman–Crippen MR) is 108 cm³/mol. The van der Waals surface area contributed by atoms with Crippen LogP contribution >= 0.6 is 34.5 Å². The van der Waals surface area contributed by atoms with Crippen molar-refractivity contribution in [2.45, 2.75) is 32.7 Å². The minimum Gasteiger partial charge on any atom is -0.323 e. The van der Waals surface area contributed by atoms with E-state index >= 15 is 0 Å². The van der Waals surface area contributed by atoms with Crippen LogP contribution in [0.3, 0.4) is 0 Å². The van der Waals surface area contributed by atoms with Crippen molar-refractivity contribution in [1.82, 2.24) is 9.55 Å². The SMILES string of the molecule is CCc1cc2c(=O)n(C(CC)C(=O)Nc3ccc(Cl)cc3Cl)cnc2s1. The first-order chi connectivity index (χ1) is 12.4. The molecule has 8 heteroatoms. The van der Waals surface area contributed by atoms with Crippen LogP contribution in [0.5, 0.6) is 0 Å². The van der Waals surface area contributed by atoms with Crippen LogP contribution < -0.4 is 10.9 Å². The molecule has 1 amide bonds. The first-order valence-corrected chi connectivity index (χ1v) is 9.77. The van der Waals surface area contributed by atoms with Gasteiger partial charge in [-0.05, 0) is 37.1 Å². The summed E-state index contributed by atoms with van der Waals surface area (Å²) in [6, 6.07) is 5.99. The number of fused-ring (bicyclic) bond motifs is 1. The van der Waals surface area contributed by atoms with E-state index in [4.69, 9.17) is 23.2 Å². The highest BCUT2D eigenvalue weighted by molar-refractivity contribution is 7.18. The van der Waals surface area contributed by atoms with Gasteiger partial charge in [-0.1, -0.05) is 37.0 Å². The molecule has 1 aromatic carbocycles. The summed E-state index contributed by atoms with van der Waals surface area (Å²) in [6.07, 6.45) is 2.72. The molecule has 0 saturated heterocycles. The van der Waals surface area contributed by atoms with Crippen LogP contribution in [-0.4, -0.2) is 15.5 Å². The van der Waals surface area contributed by atoms with Crippen LogP contribution in [0.2, 0.25) is 10.0 Å². The maximum absolute atomic E-state index is 12.8. The van der Waals surface area contributed by atoms with Gasteiger partial charge in [0.2, 0.25) is 5.91 Å². The number of amides is 1. The van der Waals surface area contributed by atoms with Crippen LogP contribution in [0, 0.1) is 0 Å². The number of nitrogens with zero attached hydrogens (tertiary/aromatic N) is 2. The van der Waals surface area contributed by atoms with Crippen molar-refractivity contribution in [3.8, 4) is 0 Å². The fraction of sp³-hybridized carbons (Fsp3) is 0.278. The normalized spacial score (nSPS) is 12.3.